The number of ether oxygens (including phenoxy) is 1. The van der Waals surface area contributed by atoms with Gasteiger partial charge in [-0.2, -0.15) is 0 Å². The maximum atomic E-state index is 11.3. The maximum absolute atomic E-state index is 11.3. The van der Waals surface area contributed by atoms with E-state index in [1.807, 2.05) is 0 Å². The van der Waals surface area contributed by atoms with Crippen molar-refractivity contribution in [2.45, 2.75) is 18.6 Å². The summed E-state index contributed by atoms with van der Waals surface area (Å²) in [6, 6.07) is 4.03. The minimum atomic E-state index is -1.21. The number of aliphatic hydroxyl groups excluding tert-OH is 2. The molecule has 0 aliphatic heterocycles. The first-order valence-corrected chi connectivity index (χ1v) is 5.93. The van der Waals surface area contributed by atoms with Gasteiger partial charge in [0.1, 0.15) is 11.9 Å². The number of hydrogen-bond acceptors (Lipinski definition) is 6. The number of phenolic OH excluding ortho intramolecular Hbond substituents is 1. The lowest BCUT2D eigenvalue weighted by Gasteiger charge is -2.19. The molecule has 106 valence electrons. The molecule has 4 N–H and O–H groups in total. The molecular weight excluding hydrogens is 250 g/mol. The summed E-state index contributed by atoms with van der Waals surface area (Å²) in [5, 5.41) is 32.3. The number of aromatic hydroxyl groups is 1. The van der Waals surface area contributed by atoms with Crippen molar-refractivity contribution in [1.82, 2.24) is 5.32 Å². The van der Waals surface area contributed by atoms with Crippen molar-refractivity contribution in [1.29, 1.82) is 0 Å². The summed E-state index contributed by atoms with van der Waals surface area (Å²) in [5.74, 6) is -0.828. The summed E-state index contributed by atoms with van der Waals surface area (Å²) in [6.45, 7) is 0.541. The van der Waals surface area contributed by atoms with Crippen LogP contribution in [0.1, 0.15) is 28.4 Å². The zero-order chi connectivity index (χ0) is 14.4. The average molecular weight is 269 g/mol. The first-order valence-electron chi connectivity index (χ1n) is 5.93. The number of nitrogens with one attached hydrogen (secondary N) is 1. The standard InChI is InChI=1S/C13H19NO5/c1-14-6-5-10(15)12(17)9-4-3-8(7-11(9)16)13(18)19-2/h3-4,7,10,12,14-17H,5-6H2,1-2H3. The summed E-state index contributed by atoms with van der Waals surface area (Å²) >= 11 is 0. The van der Waals surface area contributed by atoms with E-state index in [1.54, 1.807) is 7.05 Å². The Morgan fingerprint density at radius 2 is 2.11 bits per heavy atom. The Bertz CT molecular complexity index is 435. The third-order valence-electron chi connectivity index (χ3n) is 2.82. The van der Waals surface area contributed by atoms with Gasteiger partial charge in [0.25, 0.3) is 0 Å². The molecule has 2 atom stereocenters. The van der Waals surface area contributed by atoms with Crippen molar-refractivity contribution in [2.24, 2.45) is 0 Å². The Morgan fingerprint density at radius 3 is 2.63 bits per heavy atom. The smallest absolute Gasteiger partial charge is 0.337 e. The van der Waals surface area contributed by atoms with Gasteiger partial charge in [-0.25, -0.2) is 4.79 Å². The fourth-order valence-electron chi connectivity index (χ4n) is 1.70. The molecule has 0 aliphatic rings. The van der Waals surface area contributed by atoms with Gasteiger partial charge in [0, 0.05) is 5.56 Å². The minimum Gasteiger partial charge on any atom is -0.508 e. The number of phenols is 1. The fraction of sp³-hybridized carbons (Fsp3) is 0.462. The van der Waals surface area contributed by atoms with Crippen molar-refractivity contribution in [3.8, 4) is 5.75 Å². The van der Waals surface area contributed by atoms with E-state index in [0.29, 0.717) is 13.0 Å². The molecule has 0 saturated heterocycles. The molecule has 0 saturated carbocycles. The van der Waals surface area contributed by atoms with Crippen molar-refractivity contribution in [2.75, 3.05) is 20.7 Å². The summed E-state index contributed by atoms with van der Waals surface area (Å²) in [6.07, 6.45) is -1.86. The van der Waals surface area contributed by atoms with E-state index in [0.717, 1.165) is 0 Å². The highest BCUT2D eigenvalue weighted by molar-refractivity contribution is 5.89. The van der Waals surface area contributed by atoms with Gasteiger partial charge in [-0.15, -0.1) is 0 Å². The largest absolute Gasteiger partial charge is 0.508 e. The van der Waals surface area contributed by atoms with E-state index in [-0.39, 0.29) is 16.9 Å². The van der Waals surface area contributed by atoms with Crippen LogP contribution in [-0.2, 0) is 4.74 Å². The van der Waals surface area contributed by atoms with Crippen LogP contribution < -0.4 is 5.32 Å². The number of methoxy groups -OCH3 is 1. The Kier molecular flexibility index (Phi) is 5.75. The van der Waals surface area contributed by atoms with E-state index in [2.05, 4.69) is 10.1 Å². The Morgan fingerprint density at radius 1 is 1.42 bits per heavy atom. The first kappa shape index (κ1) is 15.4. The van der Waals surface area contributed by atoms with Crippen LogP contribution in [0.25, 0.3) is 0 Å². The van der Waals surface area contributed by atoms with Crippen LogP contribution in [0.4, 0.5) is 0 Å². The molecule has 6 heteroatoms. The van der Waals surface area contributed by atoms with Gasteiger partial charge < -0.3 is 25.4 Å². The lowest BCUT2D eigenvalue weighted by atomic mass is 9.99. The second kappa shape index (κ2) is 7.08. The number of carbonyl (C=O) groups excluding carboxylic acids is 1. The molecule has 19 heavy (non-hydrogen) atoms. The molecule has 0 amide bonds. The SMILES string of the molecule is CNCCC(O)C(O)c1ccc(C(=O)OC)cc1O. The molecule has 1 rings (SSSR count). The molecule has 0 spiro atoms. The van der Waals surface area contributed by atoms with Gasteiger partial charge in [-0.3, -0.25) is 0 Å². The average Bonchev–Trinajstić information content (AvgIpc) is 2.42. The van der Waals surface area contributed by atoms with Crippen molar-refractivity contribution in [3.63, 3.8) is 0 Å². The van der Waals surface area contributed by atoms with E-state index >= 15 is 0 Å². The Balaban J connectivity index is 2.86. The van der Waals surface area contributed by atoms with Gasteiger partial charge in [0.2, 0.25) is 0 Å². The maximum Gasteiger partial charge on any atom is 0.337 e. The lowest BCUT2D eigenvalue weighted by Crippen LogP contribution is -2.23. The molecule has 0 heterocycles. The van der Waals surface area contributed by atoms with Crippen LogP contribution >= 0.6 is 0 Å². The normalized spacial score (nSPS) is 13.9. The number of carbonyl (C=O) groups is 1. The van der Waals surface area contributed by atoms with Gasteiger partial charge >= 0.3 is 5.97 Å². The zero-order valence-electron chi connectivity index (χ0n) is 11.0. The molecule has 1 aromatic rings. The second-order valence-corrected chi connectivity index (χ2v) is 4.17. The number of esters is 1. The van der Waals surface area contributed by atoms with Crippen molar-refractivity contribution >= 4 is 5.97 Å². The topological polar surface area (TPSA) is 99.0 Å². The highest BCUT2D eigenvalue weighted by Crippen LogP contribution is 2.28. The Hall–Kier alpha value is -1.63. The number of hydrogen-bond donors (Lipinski definition) is 4. The van der Waals surface area contributed by atoms with Crippen molar-refractivity contribution < 1.29 is 24.9 Å². The van der Waals surface area contributed by atoms with Crippen LogP contribution in [-0.4, -0.2) is 48.1 Å². The Labute approximate surface area is 111 Å². The number of aliphatic hydroxyl groups is 2. The fourth-order valence-corrected chi connectivity index (χ4v) is 1.70. The third-order valence-corrected chi connectivity index (χ3v) is 2.82. The molecule has 0 bridgehead atoms. The summed E-state index contributed by atoms with van der Waals surface area (Å²) in [4.78, 5) is 11.3. The van der Waals surface area contributed by atoms with Crippen LogP contribution in [0.5, 0.6) is 5.75 Å². The molecule has 0 fully saturated rings. The summed E-state index contributed by atoms with van der Waals surface area (Å²) in [5.41, 5.74) is 0.358. The minimum absolute atomic E-state index is 0.177. The molecule has 2 unspecified atom stereocenters. The molecule has 0 aromatic heterocycles. The number of benzene rings is 1. The van der Waals surface area contributed by atoms with Crippen LogP contribution in [0.2, 0.25) is 0 Å². The van der Waals surface area contributed by atoms with Gasteiger partial charge in [-0.05, 0) is 32.1 Å². The summed E-state index contributed by atoms with van der Waals surface area (Å²) in [7, 11) is 2.98. The van der Waals surface area contributed by atoms with E-state index < -0.39 is 18.2 Å². The summed E-state index contributed by atoms with van der Waals surface area (Å²) < 4.78 is 4.52. The van der Waals surface area contributed by atoms with Crippen LogP contribution in [0, 0.1) is 0 Å². The van der Waals surface area contributed by atoms with E-state index in [9.17, 15) is 20.1 Å². The predicted molar refractivity (Wildman–Crippen MR) is 69.0 cm³/mol. The molecule has 0 aliphatic carbocycles. The van der Waals surface area contributed by atoms with Gasteiger partial charge in [0.15, 0.2) is 0 Å². The second-order valence-electron chi connectivity index (χ2n) is 4.17. The monoisotopic (exact) mass is 269 g/mol. The van der Waals surface area contributed by atoms with Crippen molar-refractivity contribution in [3.05, 3.63) is 29.3 Å². The zero-order valence-corrected chi connectivity index (χ0v) is 11.0. The van der Waals surface area contributed by atoms with Crippen LogP contribution in [0.15, 0.2) is 18.2 Å². The highest BCUT2D eigenvalue weighted by atomic mass is 16.5. The van der Waals surface area contributed by atoms with E-state index in [1.165, 1.54) is 25.3 Å². The first-order chi connectivity index (χ1) is 9.01. The van der Waals surface area contributed by atoms with E-state index in [4.69, 9.17) is 0 Å². The molecular formula is C13H19NO5. The molecule has 0 radical (unpaired) electrons. The van der Waals surface area contributed by atoms with Gasteiger partial charge in [-0.1, -0.05) is 6.07 Å². The lowest BCUT2D eigenvalue weighted by molar-refractivity contribution is 0.0127. The molecule has 6 nitrogen and oxygen atoms in total. The van der Waals surface area contributed by atoms with Crippen LogP contribution in [0.3, 0.4) is 0 Å². The quantitative estimate of drug-likeness (QED) is 0.550. The third kappa shape index (κ3) is 3.92. The molecule has 1 aromatic carbocycles. The van der Waals surface area contributed by atoms with Gasteiger partial charge in [0.05, 0.1) is 18.8 Å². The number of rotatable bonds is 6. The highest BCUT2D eigenvalue weighted by Gasteiger charge is 2.21. The predicted octanol–water partition coefficient (Wildman–Crippen LogP) is 0.183.